The average molecular weight is 443 g/mol. The van der Waals surface area contributed by atoms with E-state index in [1.807, 2.05) is 0 Å². The van der Waals surface area contributed by atoms with Crippen molar-refractivity contribution in [3.05, 3.63) is 0 Å². The summed E-state index contributed by atoms with van der Waals surface area (Å²) in [4.78, 5) is 12.5. The van der Waals surface area contributed by atoms with Gasteiger partial charge in [0.2, 0.25) is 0 Å². The molecule has 5 aliphatic rings. The third kappa shape index (κ3) is 2.79. The molecular weight excluding hydrogens is 392 g/mol. The monoisotopic (exact) mass is 442 g/mol. The molecule has 5 saturated carbocycles. The third-order valence-corrected chi connectivity index (χ3v) is 13.6. The van der Waals surface area contributed by atoms with Crippen LogP contribution in [0.1, 0.15) is 126 Å². The van der Waals surface area contributed by atoms with Crippen LogP contribution >= 0.6 is 0 Å². The van der Waals surface area contributed by atoms with Crippen LogP contribution in [-0.2, 0) is 4.79 Å². The molecule has 0 amide bonds. The Kier molecular flexibility index (Phi) is 4.92. The van der Waals surface area contributed by atoms with Crippen molar-refractivity contribution in [1.82, 2.24) is 0 Å². The van der Waals surface area contributed by atoms with E-state index in [9.17, 15) is 9.90 Å². The molecule has 0 aromatic heterocycles. The zero-order valence-corrected chi connectivity index (χ0v) is 22.2. The lowest BCUT2D eigenvalue weighted by atomic mass is 9.31. The van der Waals surface area contributed by atoms with Crippen LogP contribution in [-0.4, -0.2) is 11.1 Å². The number of carbonyl (C=O) groups is 1. The van der Waals surface area contributed by atoms with Gasteiger partial charge in [0.05, 0.1) is 5.41 Å². The van der Waals surface area contributed by atoms with Crippen LogP contribution in [0.15, 0.2) is 0 Å². The van der Waals surface area contributed by atoms with Crippen LogP contribution < -0.4 is 0 Å². The first-order chi connectivity index (χ1) is 14.7. The summed E-state index contributed by atoms with van der Waals surface area (Å²) >= 11 is 0. The number of carboxylic acid groups (broad SMARTS) is 1. The molecular formula is C30H50O2. The van der Waals surface area contributed by atoms with E-state index in [2.05, 4.69) is 48.5 Å². The Bertz CT molecular complexity index is 801. The van der Waals surface area contributed by atoms with Crippen molar-refractivity contribution in [1.29, 1.82) is 0 Å². The van der Waals surface area contributed by atoms with E-state index >= 15 is 0 Å². The number of hydrogen-bond acceptors (Lipinski definition) is 1. The first kappa shape index (κ1) is 23.2. The van der Waals surface area contributed by atoms with Crippen LogP contribution in [0.25, 0.3) is 0 Å². The Morgan fingerprint density at radius 1 is 0.688 bits per heavy atom. The van der Waals surface area contributed by atoms with Gasteiger partial charge < -0.3 is 5.11 Å². The van der Waals surface area contributed by atoms with Gasteiger partial charge in [-0.15, -0.1) is 0 Å². The Hall–Kier alpha value is -0.530. The van der Waals surface area contributed by atoms with E-state index in [1.165, 1.54) is 57.8 Å². The quantitative estimate of drug-likeness (QED) is 0.443. The lowest BCUT2D eigenvalue weighted by Gasteiger charge is -2.73. The standard InChI is InChI=1S/C30H50O2/c1-25(2)15-16-26(3)17-18-29(6)20(21(26)19-25)9-10-23-27(4)12-8-13-28(5,24(31)32)22(27)11-14-30(23,29)7/h20-23H,8-19H2,1-7H3,(H,31,32)/t20-,21-,22?,23-,26-,27+,28?,29-,30-/m1/s1. The predicted molar refractivity (Wildman–Crippen MR) is 131 cm³/mol. The molecule has 0 spiro atoms. The first-order valence-electron chi connectivity index (χ1n) is 14.0. The lowest BCUT2D eigenvalue weighted by Crippen LogP contribution is -2.66. The fourth-order valence-electron chi connectivity index (χ4n) is 11.4. The van der Waals surface area contributed by atoms with Crippen LogP contribution in [0, 0.1) is 56.2 Å². The maximum atomic E-state index is 12.5. The van der Waals surface area contributed by atoms with E-state index in [4.69, 9.17) is 0 Å². The van der Waals surface area contributed by atoms with Crippen LogP contribution in [0.4, 0.5) is 0 Å². The fraction of sp³-hybridized carbons (Fsp3) is 0.967. The summed E-state index contributed by atoms with van der Waals surface area (Å²) in [5.74, 6) is 2.24. The van der Waals surface area contributed by atoms with Crippen molar-refractivity contribution < 1.29 is 9.90 Å². The topological polar surface area (TPSA) is 37.3 Å². The smallest absolute Gasteiger partial charge is 0.309 e. The maximum absolute atomic E-state index is 12.5. The predicted octanol–water partition coefficient (Wildman–Crippen LogP) is 8.34. The van der Waals surface area contributed by atoms with Gasteiger partial charge in [-0.1, -0.05) is 48.0 Å². The Morgan fingerprint density at radius 3 is 2.06 bits per heavy atom. The molecule has 0 aromatic carbocycles. The molecule has 2 nitrogen and oxygen atoms in total. The molecule has 182 valence electrons. The minimum absolute atomic E-state index is 0.193. The van der Waals surface area contributed by atoms with Gasteiger partial charge in [-0.25, -0.2) is 0 Å². The summed E-state index contributed by atoms with van der Waals surface area (Å²) in [6.07, 6.45) is 15.4. The normalized spacial score (nSPS) is 56.8. The van der Waals surface area contributed by atoms with E-state index in [1.54, 1.807) is 0 Å². The van der Waals surface area contributed by atoms with Crippen molar-refractivity contribution in [2.45, 2.75) is 126 Å². The highest BCUT2D eigenvalue weighted by Gasteiger charge is 2.69. The number of rotatable bonds is 1. The van der Waals surface area contributed by atoms with E-state index in [0.717, 1.165) is 31.1 Å². The van der Waals surface area contributed by atoms with Gasteiger partial charge in [-0.05, 0) is 128 Å². The summed E-state index contributed by atoms with van der Waals surface area (Å²) in [7, 11) is 0. The Morgan fingerprint density at radius 2 is 1.38 bits per heavy atom. The van der Waals surface area contributed by atoms with E-state index < -0.39 is 11.4 Å². The molecule has 5 fully saturated rings. The first-order valence-corrected chi connectivity index (χ1v) is 14.0. The lowest BCUT2D eigenvalue weighted by molar-refractivity contribution is -0.245. The van der Waals surface area contributed by atoms with E-state index in [-0.39, 0.29) is 5.41 Å². The molecule has 9 atom stereocenters. The second-order valence-electron chi connectivity index (χ2n) is 15.4. The highest BCUT2D eigenvalue weighted by Crippen LogP contribution is 2.76. The zero-order valence-electron chi connectivity index (χ0n) is 22.2. The van der Waals surface area contributed by atoms with Crippen molar-refractivity contribution in [3.63, 3.8) is 0 Å². The summed E-state index contributed by atoms with van der Waals surface area (Å²) < 4.78 is 0. The second-order valence-corrected chi connectivity index (χ2v) is 15.4. The molecule has 5 aliphatic carbocycles. The highest BCUT2D eigenvalue weighted by molar-refractivity contribution is 5.75. The van der Waals surface area contributed by atoms with Gasteiger partial charge in [-0.3, -0.25) is 4.79 Å². The molecule has 5 rings (SSSR count). The Labute approximate surface area is 197 Å². The van der Waals surface area contributed by atoms with Crippen molar-refractivity contribution in [2.24, 2.45) is 56.2 Å². The van der Waals surface area contributed by atoms with E-state index in [0.29, 0.717) is 33.5 Å². The van der Waals surface area contributed by atoms with Gasteiger partial charge in [0.15, 0.2) is 0 Å². The van der Waals surface area contributed by atoms with Gasteiger partial charge in [0.25, 0.3) is 0 Å². The van der Waals surface area contributed by atoms with Gasteiger partial charge in [0.1, 0.15) is 0 Å². The minimum Gasteiger partial charge on any atom is -0.481 e. The summed E-state index contributed by atoms with van der Waals surface area (Å²) in [6, 6.07) is 0. The summed E-state index contributed by atoms with van der Waals surface area (Å²) in [5.41, 5.74) is 1.50. The molecule has 32 heavy (non-hydrogen) atoms. The molecule has 0 bridgehead atoms. The summed E-state index contributed by atoms with van der Waals surface area (Å²) in [6.45, 7) is 17.7. The van der Waals surface area contributed by atoms with Crippen LogP contribution in [0.3, 0.4) is 0 Å². The molecule has 0 aliphatic heterocycles. The highest BCUT2D eigenvalue weighted by atomic mass is 16.4. The average Bonchev–Trinajstić information content (AvgIpc) is 2.69. The molecule has 2 heteroatoms. The minimum atomic E-state index is -0.533. The van der Waals surface area contributed by atoms with Crippen LogP contribution in [0.5, 0.6) is 0 Å². The van der Waals surface area contributed by atoms with Crippen LogP contribution in [0.2, 0.25) is 0 Å². The maximum Gasteiger partial charge on any atom is 0.309 e. The van der Waals surface area contributed by atoms with Crippen molar-refractivity contribution in [3.8, 4) is 0 Å². The molecule has 0 saturated heterocycles. The SMILES string of the molecule is CC1(C)CC[C@]2(C)CC[C@]3(C)[C@H](CC[C@@H]4[C@@]5(C)CCCC(C)(C(=O)O)C5CC[C@]43C)[C@H]2C1. The molecule has 0 heterocycles. The second kappa shape index (κ2) is 6.78. The number of fused-ring (bicyclic) bond motifs is 7. The van der Waals surface area contributed by atoms with Gasteiger partial charge in [0, 0.05) is 0 Å². The van der Waals surface area contributed by atoms with Gasteiger partial charge in [-0.2, -0.15) is 0 Å². The largest absolute Gasteiger partial charge is 0.481 e. The Balaban J connectivity index is 1.53. The zero-order chi connectivity index (χ0) is 23.4. The van der Waals surface area contributed by atoms with Crippen molar-refractivity contribution >= 4 is 5.97 Å². The molecule has 1 N–H and O–H groups in total. The number of hydrogen-bond donors (Lipinski definition) is 1. The number of carboxylic acids is 1. The molecule has 0 radical (unpaired) electrons. The third-order valence-electron chi connectivity index (χ3n) is 13.6. The van der Waals surface area contributed by atoms with Gasteiger partial charge >= 0.3 is 5.97 Å². The summed E-state index contributed by atoms with van der Waals surface area (Å²) in [5, 5.41) is 10.3. The molecule has 0 aromatic rings. The molecule has 2 unspecified atom stereocenters. The van der Waals surface area contributed by atoms with Crippen molar-refractivity contribution in [2.75, 3.05) is 0 Å². The number of aliphatic carboxylic acids is 1. The fourth-order valence-corrected chi connectivity index (χ4v) is 11.4.